The minimum atomic E-state index is 0. The van der Waals surface area contributed by atoms with Gasteiger partial charge in [-0.3, -0.25) is 5.92 Å². The molecular weight excluding hydrogens is 185 g/mol. The second kappa shape index (κ2) is 8.22. The molecule has 0 unspecified atom stereocenters. The van der Waals surface area contributed by atoms with Crippen molar-refractivity contribution in [2.24, 2.45) is 0 Å². The van der Waals surface area contributed by atoms with E-state index in [1.54, 1.807) is 0 Å². The fourth-order valence-electron chi connectivity index (χ4n) is 0.411. The molecule has 0 fully saturated rings. The minimum absolute atomic E-state index is 0. The van der Waals surface area contributed by atoms with Gasteiger partial charge < -0.3 is 0 Å². The third-order valence-electron chi connectivity index (χ3n) is 0.808. The summed E-state index contributed by atoms with van der Waals surface area (Å²) < 4.78 is 0. The van der Waals surface area contributed by atoms with E-state index in [0.717, 1.165) is 0 Å². The van der Waals surface area contributed by atoms with Crippen molar-refractivity contribution in [2.75, 3.05) is 0 Å². The fraction of sp³-hybridized carbons (Fsp3) is 0.375. The van der Waals surface area contributed by atoms with E-state index in [2.05, 4.69) is 11.8 Å². The monoisotopic (exact) mass is 194 g/mol. The van der Waals surface area contributed by atoms with Crippen LogP contribution in [-0.4, -0.2) is 0 Å². The van der Waals surface area contributed by atoms with Gasteiger partial charge in [0.2, 0.25) is 0 Å². The molecule has 0 aromatic heterocycles. The summed E-state index contributed by atoms with van der Waals surface area (Å²) in [4.78, 5) is 0. The molecule has 0 aliphatic heterocycles. The Morgan fingerprint density at radius 3 is 1.78 bits per heavy atom. The standard InChI is InChI=1S/C8H9.Y/c1-4-6-8(3)7-5-2;/h1-2H,6-7H2,3H3;/q-1;. The van der Waals surface area contributed by atoms with E-state index in [0.29, 0.717) is 12.8 Å². The van der Waals surface area contributed by atoms with E-state index in [1.165, 1.54) is 5.92 Å². The van der Waals surface area contributed by atoms with Crippen LogP contribution in [0.25, 0.3) is 0 Å². The van der Waals surface area contributed by atoms with Crippen molar-refractivity contribution in [2.45, 2.75) is 19.8 Å². The quantitative estimate of drug-likeness (QED) is 0.463. The number of terminal acetylenes is 2. The number of hydrogen-bond donors (Lipinski definition) is 0. The smallest absolute Gasteiger partial charge is 0 e. The van der Waals surface area contributed by atoms with Crippen molar-refractivity contribution in [3.63, 3.8) is 0 Å². The zero-order chi connectivity index (χ0) is 6.41. The van der Waals surface area contributed by atoms with Crippen molar-refractivity contribution in [1.29, 1.82) is 0 Å². The van der Waals surface area contributed by atoms with E-state index in [4.69, 9.17) is 12.8 Å². The predicted molar refractivity (Wildman–Crippen MR) is 35.8 cm³/mol. The molecule has 0 heterocycles. The maximum Gasteiger partial charge on any atom is 0 e. The first-order valence-corrected chi connectivity index (χ1v) is 2.49. The summed E-state index contributed by atoms with van der Waals surface area (Å²) in [6, 6.07) is 0. The van der Waals surface area contributed by atoms with Crippen molar-refractivity contribution < 1.29 is 32.7 Å². The molecular formula is C8H9Y-. The van der Waals surface area contributed by atoms with Crippen LogP contribution in [0.1, 0.15) is 19.8 Å². The summed E-state index contributed by atoms with van der Waals surface area (Å²) in [7, 11) is 0. The summed E-state index contributed by atoms with van der Waals surface area (Å²) in [5, 5.41) is 0. The molecule has 0 atom stereocenters. The van der Waals surface area contributed by atoms with Gasteiger partial charge in [0.1, 0.15) is 0 Å². The Kier molecular flexibility index (Phi) is 10.9. The van der Waals surface area contributed by atoms with Gasteiger partial charge in [0, 0.05) is 32.7 Å². The summed E-state index contributed by atoms with van der Waals surface area (Å²) in [6.45, 7) is 1.97. The average Bonchev–Trinajstić information content (AvgIpc) is 1.68. The van der Waals surface area contributed by atoms with Crippen LogP contribution in [-0.2, 0) is 32.7 Å². The predicted octanol–water partition coefficient (Wildman–Crippen LogP) is 1.62. The van der Waals surface area contributed by atoms with Crippen LogP contribution < -0.4 is 0 Å². The van der Waals surface area contributed by atoms with Gasteiger partial charge >= 0.3 is 0 Å². The average molecular weight is 194 g/mol. The Bertz CT molecular complexity index is 108. The van der Waals surface area contributed by atoms with Gasteiger partial charge in [-0.25, -0.2) is 0 Å². The van der Waals surface area contributed by atoms with Crippen LogP contribution in [0.5, 0.6) is 0 Å². The van der Waals surface area contributed by atoms with Crippen molar-refractivity contribution in [3.05, 3.63) is 5.92 Å². The van der Waals surface area contributed by atoms with Gasteiger partial charge in [-0.2, -0.15) is 6.92 Å². The SMILES string of the molecule is C#CC[C-](C)CC#C.[Y]. The minimum Gasteiger partial charge on any atom is -0.294 e. The van der Waals surface area contributed by atoms with Gasteiger partial charge in [-0.05, 0) is 0 Å². The second-order valence-electron chi connectivity index (χ2n) is 1.72. The molecule has 0 aliphatic carbocycles. The zero-order valence-corrected chi connectivity index (χ0v) is 8.48. The van der Waals surface area contributed by atoms with Crippen LogP contribution >= 0.6 is 0 Å². The molecule has 0 aromatic rings. The van der Waals surface area contributed by atoms with Crippen LogP contribution in [0.15, 0.2) is 0 Å². The largest absolute Gasteiger partial charge is 0.294 e. The molecule has 0 amide bonds. The molecule has 0 nitrogen and oxygen atoms in total. The molecule has 1 heteroatoms. The number of hydrogen-bond acceptors (Lipinski definition) is 0. The Balaban J connectivity index is 0. The maximum atomic E-state index is 5.02. The molecule has 0 aromatic carbocycles. The molecule has 1 radical (unpaired) electrons. The van der Waals surface area contributed by atoms with Gasteiger partial charge in [-0.15, -0.1) is 37.5 Å². The summed E-state index contributed by atoms with van der Waals surface area (Å²) in [5.41, 5.74) is 0. The first kappa shape index (κ1) is 12.0. The third-order valence-corrected chi connectivity index (χ3v) is 0.808. The van der Waals surface area contributed by atoms with Gasteiger partial charge in [0.05, 0.1) is 0 Å². The zero-order valence-electron chi connectivity index (χ0n) is 5.65. The summed E-state index contributed by atoms with van der Waals surface area (Å²) in [6.07, 6.45) is 11.5. The Hall–Kier alpha value is 0.224. The van der Waals surface area contributed by atoms with E-state index in [-0.39, 0.29) is 32.7 Å². The van der Waals surface area contributed by atoms with E-state index in [1.807, 2.05) is 6.92 Å². The summed E-state index contributed by atoms with van der Waals surface area (Å²) in [5.74, 6) is 6.23. The van der Waals surface area contributed by atoms with E-state index in [9.17, 15) is 0 Å². The number of rotatable bonds is 2. The Morgan fingerprint density at radius 1 is 1.22 bits per heavy atom. The molecule has 0 saturated carbocycles. The van der Waals surface area contributed by atoms with Crippen LogP contribution in [0.4, 0.5) is 0 Å². The molecule has 0 bridgehead atoms. The van der Waals surface area contributed by atoms with Gasteiger partial charge in [0.15, 0.2) is 0 Å². The molecule has 0 saturated heterocycles. The van der Waals surface area contributed by atoms with Crippen molar-refractivity contribution >= 4 is 0 Å². The molecule has 0 spiro atoms. The van der Waals surface area contributed by atoms with Gasteiger partial charge in [-0.1, -0.05) is 0 Å². The van der Waals surface area contributed by atoms with Crippen LogP contribution in [0.2, 0.25) is 0 Å². The first-order chi connectivity index (χ1) is 3.81. The Labute approximate surface area is 82.7 Å². The molecule has 0 aliphatic rings. The first-order valence-electron chi connectivity index (χ1n) is 2.49. The fourth-order valence-corrected chi connectivity index (χ4v) is 0.411. The molecule has 0 N–H and O–H groups in total. The van der Waals surface area contributed by atoms with Crippen molar-refractivity contribution in [1.82, 2.24) is 0 Å². The van der Waals surface area contributed by atoms with Gasteiger partial charge in [0.25, 0.3) is 0 Å². The van der Waals surface area contributed by atoms with E-state index < -0.39 is 0 Å². The Morgan fingerprint density at radius 2 is 1.56 bits per heavy atom. The molecule has 0 rings (SSSR count). The van der Waals surface area contributed by atoms with E-state index >= 15 is 0 Å². The van der Waals surface area contributed by atoms with Crippen LogP contribution in [0.3, 0.4) is 0 Å². The second-order valence-corrected chi connectivity index (χ2v) is 1.72. The maximum absolute atomic E-state index is 5.02. The van der Waals surface area contributed by atoms with Crippen molar-refractivity contribution in [3.8, 4) is 24.7 Å². The molecule has 45 valence electrons. The molecule has 9 heavy (non-hydrogen) atoms. The topological polar surface area (TPSA) is 0 Å². The normalized spacial score (nSPS) is 7.11. The van der Waals surface area contributed by atoms with Crippen LogP contribution in [0, 0.1) is 30.6 Å². The third kappa shape index (κ3) is 8.22. The summed E-state index contributed by atoms with van der Waals surface area (Å²) >= 11 is 0.